The number of nitrogens with one attached hydrogen (secondary N) is 1. The van der Waals surface area contributed by atoms with Crippen molar-refractivity contribution in [1.29, 1.82) is 0 Å². The van der Waals surface area contributed by atoms with Gasteiger partial charge in [-0.3, -0.25) is 4.79 Å². The molecule has 0 saturated heterocycles. The molecular weight excluding hydrogens is 238 g/mol. The smallest absolute Gasteiger partial charge is 0.258 e. The van der Waals surface area contributed by atoms with Gasteiger partial charge in [0.25, 0.3) is 5.91 Å². The number of terminal acetylenes is 1. The van der Waals surface area contributed by atoms with Gasteiger partial charge in [0.2, 0.25) is 0 Å². The second-order valence-electron chi connectivity index (χ2n) is 5.50. The van der Waals surface area contributed by atoms with Crippen LogP contribution in [0.4, 0.5) is 0 Å². The minimum Gasteiger partial charge on any atom is -0.484 e. The van der Waals surface area contributed by atoms with Gasteiger partial charge in [-0.25, -0.2) is 0 Å². The number of hydrogen-bond donors (Lipinski definition) is 1. The Morgan fingerprint density at radius 1 is 1.42 bits per heavy atom. The van der Waals surface area contributed by atoms with Crippen LogP contribution < -0.4 is 10.1 Å². The molecule has 0 fully saturated rings. The highest BCUT2D eigenvalue weighted by molar-refractivity contribution is 5.77. The fourth-order valence-electron chi connectivity index (χ4n) is 1.62. The average molecular weight is 259 g/mol. The Kier molecular flexibility index (Phi) is 5.00. The van der Waals surface area contributed by atoms with Crippen LogP contribution in [0.25, 0.3) is 0 Å². The SMILES string of the molecule is C#CCNC(=O)COc1ccc(C(C)(C)C)cc1C. The van der Waals surface area contributed by atoms with Crippen molar-refractivity contribution in [3.8, 4) is 18.1 Å². The number of aryl methyl sites for hydroxylation is 1. The Hall–Kier alpha value is -1.95. The predicted octanol–water partition coefficient (Wildman–Crippen LogP) is 2.42. The topological polar surface area (TPSA) is 38.3 Å². The van der Waals surface area contributed by atoms with Gasteiger partial charge < -0.3 is 10.1 Å². The summed E-state index contributed by atoms with van der Waals surface area (Å²) >= 11 is 0. The molecule has 0 aromatic heterocycles. The van der Waals surface area contributed by atoms with E-state index in [0.29, 0.717) is 0 Å². The average Bonchev–Trinajstić information content (AvgIpc) is 2.33. The van der Waals surface area contributed by atoms with E-state index in [1.807, 2.05) is 19.1 Å². The van der Waals surface area contributed by atoms with E-state index in [2.05, 4.69) is 38.1 Å². The van der Waals surface area contributed by atoms with Crippen LogP contribution in [0.5, 0.6) is 5.75 Å². The highest BCUT2D eigenvalue weighted by atomic mass is 16.5. The van der Waals surface area contributed by atoms with E-state index in [-0.39, 0.29) is 24.5 Å². The van der Waals surface area contributed by atoms with Crippen molar-refractivity contribution in [2.75, 3.05) is 13.2 Å². The third-order valence-electron chi connectivity index (χ3n) is 2.79. The summed E-state index contributed by atoms with van der Waals surface area (Å²) in [5.41, 5.74) is 2.37. The summed E-state index contributed by atoms with van der Waals surface area (Å²) < 4.78 is 5.48. The van der Waals surface area contributed by atoms with Gasteiger partial charge in [-0.05, 0) is 29.5 Å². The van der Waals surface area contributed by atoms with Crippen LogP contribution in [0.2, 0.25) is 0 Å². The minimum atomic E-state index is -0.211. The summed E-state index contributed by atoms with van der Waals surface area (Å²) in [4.78, 5) is 11.4. The second-order valence-corrected chi connectivity index (χ2v) is 5.50. The molecule has 0 heterocycles. The molecule has 0 unspecified atom stereocenters. The Bertz CT molecular complexity index is 492. The maximum atomic E-state index is 11.4. The lowest BCUT2D eigenvalue weighted by Crippen LogP contribution is -2.29. The number of amides is 1. The molecule has 1 N–H and O–H groups in total. The Morgan fingerprint density at radius 2 is 2.11 bits per heavy atom. The first-order chi connectivity index (χ1) is 8.84. The van der Waals surface area contributed by atoms with Crippen LogP contribution in [0.3, 0.4) is 0 Å². The fourth-order valence-corrected chi connectivity index (χ4v) is 1.62. The zero-order valence-electron chi connectivity index (χ0n) is 12.0. The Labute approximate surface area is 115 Å². The van der Waals surface area contributed by atoms with Crippen LogP contribution >= 0.6 is 0 Å². The van der Waals surface area contributed by atoms with Crippen molar-refractivity contribution in [3.05, 3.63) is 29.3 Å². The summed E-state index contributed by atoms with van der Waals surface area (Å²) in [6.07, 6.45) is 5.06. The van der Waals surface area contributed by atoms with Crippen molar-refractivity contribution in [1.82, 2.24) is 5.32 Å². The van der Waals surface area contributed by atoms with Gasteiger partial charge in [-0.15, -0.1) is 6.42 Å². The molecule has 1 amide bonds. The quantitative estimate of drug-likeness (QED) is 0.843. The molecule has 1 aromatic rings. The number of benzene rings is 1. The van der Waals surface area contributed by atoms with Gasteiger partial charge in [0.05, 0.1) is 6.54 Å². The van der Waals surface area contributed by atoms with Gasteiger partial charge in [0.15, 0.2) is 6.61 Å². The van der Waals surface area contributed by atoms with Crippen LogP contribution in [0.15, 0.2) is 18.2 Å². The van der Waals surface area contributed by atoms with Crippen molar-refractivity contribution in [3.63, 3.8) is 0 Å². The molecular formula is C16H21NO2. The van der Waals surface area contributed by atoms with Crippen molar-refractivity contribution in [2.45, 2.75) is 33.1 Å². The largest absolute Gasteiger partial charge is 0.484 e. The molecule has 3 nitrogen and oxygen atoms in total. The fraction of sp³-hybridized carbons (Fsp3) is 0.438. The molecule has 0 aliphatic heterocycles. The maximum Gasteiger partial charge on any atom is 0.258 e. The number of rotatable bonds is 4. The Morgan fingerprint density at radius 3 is 2.63 bits per heavy atom. The molecule has 3 heteroatoms. The van der Waals surface area contributed by atoms with Crippen LogP contribution in [0, 0.1) is 19.3 Å². The van der Waals surface area contributed by atoms with Gasteiger partial charge in [-0.1, -0.05) is 38.8 Å². The molecule has 102 valence electrons. The summed E-state index contributed by atoms with van der Waals surface area (Å²) in [5.74, 6) is 2.86. The number of ether oxygens (including phenoxy) is 1. The molecule has 0 atom stereocenters. The van der Waals surface area contributed by atoms with Gasteiger partial charge in [0, 0.05) is 0 Å². The van der Waals surface area contributed by atoms with E-state index in [1.165, 1.54) is 5.56 Å². The summed E-state index contributed by atoms with van der Waals surface area (Å²) in [6.45, 7) is 8.67. The van der Waals surface area contributed by atoms with E-state index in [9.17, 15) is 4.79 Å². The second kappa shape index (κ2) is 6.29. The maximum absolute atomic E-state index is 11.4. The summed E-state index contributed by atoms with van der Waals surface area (Å²) in [5, 5.41) is 2.56. The predicted molar refractivity (Wildman–Crippen MR) is 77.2 cm³/mol. The van der Waals surface area contributed by atoms with Crippen molar-refractivity contribution >= 4 is 5.91 Å². The summed E-state index contributed by atoms with van der Waals surface area (Å²) in [6, 6.07) is 6.03. The first-order valence-corrected chi connectivity index (χ1v) is 6.28. The van der Waals surface area contributed by atoms with Crippen LogP contribution in [0.1, 0.15) is 31.9 Å². The van der Waals surface area contributed by atoms with Crippen molar-refractivity contribution < 1.29 is 9.53 Å². The Balaban J connectivity index is 2.66. The van der Waals surface area contributed by atoms with E-state index in [0.717, 1.165) is 11.3 Å². The van der Waals surface area contributed by atoms with E-state index < -0.39 is 0 Å². The van der Waals surface area contributed by atoms with Gasteiger partial charge >= 0.3 is 0 Å². The first-order valence-electron chi connectivity index (χ1n) is 6.28. The highest BCUT2D eigenvalue weighted by Gasteiger charge is 2.15. The minimum absolute atomic E-state index is 0.0165. The molecule has 0 bridgehead atoms. The molecule has 0 radical (unpaired) electrons. The lowest BCUT2D eigenvalue weighted by atomic mass is 9.86. The van der Waals surface area contributed by atoms with Crippen LogP contribution in [-0.4, -0.2) is 19.1 Å². The molecule has 0 spiro atoms. The first kappa shape index (κ1) is 15.1. The number of carbonyl (C=O) groups excluding carboxylic acids is 1. The normalized spacial score (nSPS) is 10.7. The molecule has 0 aliphatic rings. The monoisotopic (exact) mass is 259 g/mol. The highest BCUT2D eigenvalue weighted by Crippen LogP contribution is 2.27. The number of hydrogen-bond acceptors (Lipinski definition) is 2. The van der Waals surface area contributed by atoms with E-state index in [4.69, 9.17) is 11.2 Å². The zero-order chi connectivity index (χ0) is 14.5. The third-order valence-corrected chi connectivity index (χ3v) is 2.79. The van der Waals surface area contributed by atoms with Gasteiger partial charge in [-0.2, -0.15) is 0 Å². The molecule has 0 saturated carbocycles. The third kappa shape index (κ3) is 4.67. The molecule has 1 rings (SSSR count). The van der Waals surface area contributed by atoms with Gasteiger partial charge in [0.1, 0.15) is 5.75 Å². The molecule has 1 aromatic carbocycles. The van der Waals surface area contributed by atoms with E-state index >= 15 is 0 Å². The standard InChI is InChI=1S/C16H21NO2/c1-6-9-17-15(18)11-19-14-8-7-13(10-12(14)2)16(3,4)5/h1,7-8,10H,9,11H2,2-5H3,(H,17,18). The van der Waals surface area contributed by atoms with E-state index in [1.54, 1.807) is 0 Å². The van der Waals surface area contributed by atoms with Crippen LogP contribution in [-0.2, 0) is 10.2 Å². The lowest BCUT2D eigenvalue weighted by molar-refractivity contribution is -0.122. The molecule has 19 heavy (non-hydrogen) atoms. The zero-order valence-corrected chi connectivity index (χ0v) is 12.0. The molecule has 0 aliphatic carbocycles. The lowest BCUT2D eigenvalue weighted by Gasteiger charge is -2.20. The number of carbonyl (C=O) groups is 1. The van der Waals surface area contributed by atoms with Crippen molar-refractivity contribution in [2.24, 2.45) is 0 Å². The summed E-state index contributed by atoms with van der Waals surface area (Å²) in [7, 11) is 0.